The Kier molecular flexibility index (Phi) is 5.04. The van der Waals surface area contributed by atoms with Crippen LogP contribution < -0.4 is 5.32 Å². The Hall–Kier alpha value is -1.95. The fourth-order valence-corrected chi connectivity index (χ4v) is 2.59. The molecule has 23 heavy (non-hydrogen) atoms. The summed E-state index contributed by atoms with van der Waals surface area (Å²) in [5.74, 6) is -0.160. The highest BCUT2D eigenvalue weighted by molar-refractivity contribution is 5.98. The third-order valence-corrected chi connectivity index (χ3v) is 4.35. The Morgan fingerprint density at radius 3 is 2.74 bits per heavy atom. The molecule has 0 aliphatic heterocycles. The normalized spacial score (nSPS) is 14.2. The van der Waals surface area contributed by atoms with Gasteiger partial charge in [-0.05, 0) is 46.6 Å². The summed E-state index contributed by atoms with van der Waals surface area (Å²) in [5, 5.41) is 17.4. The van der Waals surface area contributed by atoms with Crippen LogP contribution in [0.1, 0.15) is 62.6 Å². The average Bonchev–Trinajstić information content (AvgIpc) is 2.89. The molecule has 2 aromatic heterocycles. The topological polar surface area (TPSA) is 80.0 Å². The van der Waals surface area contributed by atoms with Gasteiger partial charge in [-0.25, -0.2) is 9.67 Å². The van der Waals surface area contributed by atoms with E-state index in [1.54, 1.807) is 6.20 Å². The van der Waals surface area contributed by atoms with Crippen molar-refractivity contribution >= 4 is 16.9 Å². The predicted octanol–water partition coefficient (Wildman–Crippen LogP) is 2.60. The Balaban J connectivity index is 2.36. The molecule has 0 aliphatic carbocycles. The van der Waals surface area contributed by atoms with Crippen LogP contribution in [0, 0.1) is 6.92 Å². The number of aryl methyl sites for hydroxylation is 1. The van der Waals surface area contributed by atoms with Gasteiger partial charge < -0.3 is 10.4 Å². The first-order chi connectivity index (χ1) is 10.8. The minimum Gasteiger partial charge on any atom is -0.396 e. The van der Waals surface area contributed by atoms with E-state index in [9.17, 15) is 9.90 Å². The van der Waals surface area contributed by atoms with Crippen molar-refractivity contribution in [2.75, 3.05) is 6.61 Å². The largest absolute Gasteiger partial charge is 0.396 e. The second kappa shape index (κ2) is 6.66. The van der Waals surface area contributed by atoms with Gasteiger partial charge in [0.05, 0.1) is 17.5 Å². The molecule has 0 radical (unpaired) electrons. The molecule has 0 saturated heterocycles. The molecule has 1 atom stereocenters. The second-order valence-corrected chi connectivity index (χ2v) is 6.56. The summed E-state index contributed by atoms with van der Waals surface area (Å²) in [4.78, 5) is 17.2. The number of fused-ring (bicyclic) bond motifs is 1. The molecule has 6 heteroatoms. The number of carbonyl (C=O) groups excluding carboxylic acids is 1. The van der Waals surface area contributed by atoms with Gasteiger partial charge in [0.1, 0.15) is 0 Å². The lowest BCUT2D eigenvalue weighted by Crippen LogP contribution is -2.46. The predicted molar refractivity (Wildman–Crippen MR) is 90.5 cm³/mol. The summed E-state index contributed by atoms with van der Waals surface area (Å²) < 4.78 is 1.85. The Labute approximate surface area is 136 Å². The van der Waals surface area contributed by atoms with Crippen molar-refractivity contribution in [1.82, 2.24) is 20.1 Å². The van der Waals surface area contributed by atoms with E-state index in [0.29, 0.717) is 17.7 Å². The van der Waals surface area contributed by atoms with Crippen molar-refractivity contribution in [2.24, 2.45) is 0 Å². The lowest BCUT2D eigenvalue weighted by molar-refractivity contribution is 0.0885. The number of hydrogen-bond acceptors (Lipinski definition) is 4. The van der Waals surface area contributed by atoms with Gasteiger partial charge >= 0.3 is 0 Å². The highest BCUT2D eigenvalue weighted by Gasteiger charge is 2.25. The van der Waals surface area contributed by atoms with E-state index in [0.717, 1.165) is 17.5 Å². The van der Waals surface area contributed by atoms with E-state index in [-0.39, 0.29) is 18.6 Å². The molecule has 6 nitrogen and oxygen atoms in total. The van der Waals surface area contributed by atoms with Crippen molar-refractivity contribution in [2.45, 2.75) is 59.0 Å². The molecule has 2 heterocycles. The number of carbonyl (C=O) groups is 1. The molecular weight excluding hydrogens is 292 g/mol. The van der Waals surface area contributed by atoms with Gasteiger partial charge in [-0.1, -0.05) is 6.92 Å². The fourth-order valence-electron chi connectivity index (χ4n) is 2.59. The number of nitrogens with zero attached hydrogens (tertiary/aromatic N) is 3. The maximum Gasteiger partial charge on any atom is 0.253 e. The first kappa shape index (κ1) is 17.4. The van der Waals surface area contributed by atoms with Gasteiger partial charge in [0.2, 0.25) is 0 Å². The number of amides is 1. The van der Waals surface area contributed by atoms with Crippen LogP contribution in [0.15, 0.2) is 12.3 Å². The van der Waals surface area contributed by atoms with E-state index in [1.807, 2.05) is 45.4 Å². The zero-order valence-electron chi connectivity index (χ0n) is 14.6. The molecule has 0 spiro atoms. The molecule has 1 amide bonds. The van der Waals surface area contributed by atoms with Crippen molar-refractivity contribution in [1.29, 1.82) is 0 Å². The summed E-state index contributed by atoms with van der Waals surface area (Å²) in [7, 11) is 0. The molecule has 0 bridgehead atoms. The lowest BCUT2D eigenvalue weighted by atomic mass is 9.94. The number of nitrogens with one attached hydrogen (secondary N) is 1. The summed E-state index contributed by atoms with van der Waals surface area (Å²) in [6.07, 6.45) is 3.01. The molecule has 2 rings (SSSR count). The molecule has 0 saturated carbocycles. The van der Waals surface area contributed by atoms with E-state index in [2.05, 4.69) is 15.4 Å². The molecule has 1 unspecified atom stereocenters. The minimum atomic E-state index is -0.421. The summed E-state index contributed by atoms with van der Waals surface area (Å²) in [6, 6.07) is 2.06. The van der Waals surface area contributed by atoms with Gasteiger partial charge in [0.15, 0.2) is 5.65 Å². The van der Waals surface area contributed by atoms with E-state index < -0.39 is 5.54 Å². The first-order valence-electron chi connectivity index (χ1n) is 8.09. The van der Waals surface area contributed by atoms with Crippen LogP contribution in [0.3, 0.4) is 0 Å². The number of aromatic nitrogens is 3. The first-order valence-corrected chi connectivity index (χ1v) is 8.09. The Morgan fingerprint density at radius 2 is 2.17 bits per heavy atom. The third kappa shape index (κ3) is 3.52. The zero-order chi connectivity index (χ0) is 17.2. The van der Waals surface area contributed by atoms with Crippen LogP contribution in [-0.2, 0) is 0 Å². The minimum absolute atomic E-state index is 0.0437. The van der Waals surface area contributed by atoms with Crippen LogP contribution >= 0.6 is 0 Å². The van der Waals surface area contributed by atoms with Gasteiger partial charge in [0.25, 0.3) is 5.91 Å². The van der Waals surface area contributed by atoms with Crippen LogP contribution in [0.2, 0.25) is 0 Å². The summed E-state index contributed by atoms with van der Waals surface area (Å²) in [6.45, 7) is 9.91. The lowest BCUT2D eigenvalue weighted by Gasteiger charge is -2.29. The summed E-state index contributed by atoms with van der Waals surface area (Å²) >= 11 is 0. The van der Waals surface area contributed by atoms with Gasteiger partial charge in [-0.3, -0.25) is 4.79 Å². The highest BCUT2D eigenvalue weighted by Crippen LogP contribution is 2.21. The van der Waals surface area contributed by atoms with E-state index in [1.165, 1.54) is 0 Å². The number of aliphatic hydroxyl groups is 1. The van der Waals surface area contributed by atoms with Crippen LogP contribution in [0.4, 0.5) is 0 Å². The fraction of sp³-hybridized carbons (Fsp3) is 0.588. The maximum absolute atomic E-state index is 12.6. The smallest absolute Gasteiger partial charge is 0.253 e. The van der Waals surface area contributed by atoms with E-state index in [4.69, 9.17) is 0 Å². The second-order valence-electron chi connectivity index (χ2n) is 6.56. The third-order valence-electron chi connectivity index (χ3n) is 4.35. The number of aliphatic hydroxyl groups excluding tert-OH is 1. The molecule has 0 aliphatic rings. The highest BCUT2D eigenvalue weighted by atomic mass is 16.3. The van der Waals surface area contributed by atoms with Gasteiger partial charge in [-0.2, -0.15) is 5.10 Å². The van der Waals surface area contributed by atoms with E-state index >= 15 is 0 Å². The van der Waals surface area contributed by atoms with Gasteiger partial charge in [-0.15, -0.1) is 0 Å². The monoisotopic (exact) mass is 318 g/mol. The maximum atomic E-state index is 12.6. The Morgan fingerprint density at radius 1 is 1.48 bits per heavy atom. The van der Waals surface area contributed by atoms with Crippen LogP contribution in [0.25, 0.3) is 11.0 Å². The molecule has 126 valence electrons. The molecule has 0 fully saturated rings. The molecule has 0 aromatic carbocycles. The van der Waals surface area contributed by atoms with Gasteiger partial charge in [0, 0.05) is 23.6 Å². The summed E-state index contributed by atoms with van der Waals surface area (Å²) in [5.41, 5.74) is 1.61. The average molecular weight is 318 g/mol. The molecule has 2 N–H and O–H groups in total. The van der Waals surface area contributed by atoms with Crippen LogP contribution in [0.5, 0.6) is 0 Å². The van der Waals surface area contributed by atoms with Crippen molar-refractivity contribution in [3.63, 3.8) is 0 Å². The zero-order valence-corrected chi connectivity index (χ0v) is 14.6. The molecule has 2 aromatic rings. The molecular formula is C17H26N4O2. The van der Waals surface area contributed by atoms with Crippen molar-refractivity contribution in [3.8, 4) is 0 Å². The number of hydrogen-bond donors (Lipinski definition) is 2. The number of rotatable bonds is 6. The Bertz CT molecular complexity index is 708. The quantitative estimate of drug-likeness (QED) is 0.858. The standard InChI is InChI=1S/C17H26N4O2/c1-6-17(5,7-8-22)20-16(23)14-9-13-10-18-21(11(2)3)15(13)19-12(14)4/h9-11,22H,6-8H2,1-5H3,(H,20,23). The number of pyridine rings is 1. The SMILES string of the molecule is CCC(C)(CCO)NC(=O)c1cc2cnn(C(C)C)c2nc1C. The van der Waals surface area contributed by atoms with Crippen LogP contribution in [-0.4, -0.2) is 37.9 Å². The van der Waals surface area contributed by atoms with Crippen molar-refractivity contribution < 1.29 is 9.90 Å². The van der Waals surface area contributed by atoms with Crippen molar-refractivity contribution in [3.05, 3.63) is 23.5 Å².